The zero-order valence-corrected chi connectivity index (χ0v) is 13.0. The van der Waals surface area contributed by atoms with Crippen molar-refractivity contribution in [1.82, 2.24) is 0 Å². The summed E-state index contributed by atoms with van der Waals surface area (Å²) in [5.74, 6) is 1.05. The molecular weight excluding hydrogens is 331 g/mol. The third-order valence-corrected chi connectivity index (χ3v) is 5.29. The molecule has 1 heterocycles. The molecule has 2 atom stereocenters. The second-order valence-corrected chi connectivity index (χ2v) is 7.01. The summed E-state index contributed by atoms with van der Waals surface area (Å²) >= 11 is 9.63. The second kappa shape index (κ2) is 5.34. The Kier molecular flexibility index (Phi) is 3.89. The summed E-state index contributed by atoms with van der Waals surface area (Å²) < 4.78 is 20.2. The molecule has 0 amide bonds. The van der Waals surface area contributed by atoms with Crippen molar-refractivity contribution in [1.29, 1.82) is 0 Å². The molecule has 1 saturated carbocycles. The standard InChI is InChI=1S/C15H17BrClFO/c16-12-5-10(6-13(18)7-12)8-15(9-17)3-4-19-14(15)11-1-2-11/h5-7,11,14H,1-4,8-9H2. The molecule has 19 heavy (non-hydrogen) atoms. The Morgan fingerprint density at radius 3 is 2.79 bits per heavy atom. The van der Waals surface area contributed by atoms with Crippen molar-refractivity contribution in [2.45, 2.75) is 31.8 Å². The first-order chi connectivity index (χ1) is 9.13. The van der Waals surface area contributed by atoms with E-state index in [1.54, 1.807) is 6.07 Å². The number of hydrogen-bond acceptors (Lipinski definition) is 1. The maximum Gasteiger partial charge on any atom is 0.124 e. The van der Waals surface area contributed by atoms with Crippen LogP contribution in [0, 0.1) is 17.2 Å². The van der Waals surface area contributed by atoms with Gasteiger partial charge in [0.15, 0.2) is 0 Å². The predicted molar refractivity (Wildman–Crippen MR) is 78.0 cm³/mol. The van der Waals surface area contributed by atoms with Crippen molar-refractivity contribution < 1.29 is 9.13 Å². The summed E-state index contributed by atoms with van der Waals surface area (Å²) in [6, 6.07) is 5.08. The third-order valence-electron chi connectivity index (χ3n) is 4.30. The minimum Gasteiger partial charge on any atom is -0.377 e. The molecule has 1 aromatic carbocycles. The SMILES string of the molecule is Fc1cc(Br)cc(CC2(CCl)CCOC2C2CC2)c1. The molecule has 0 bridgehead atoms. The molecule has 1 nitrogen and oxygen atoms in total. The van der Waals surface area contributed by atoms with E-state index in [1.165, 1.54) is 18.9 Å². The first kappa shape index (κ1) is 13.8. The fourth-order valence-electron chi connectivity index (χ4n) is 3.24. The molecule has 1 saturated heterocycles. The summed E-state index contributed by atoms with van der Waals surface area (Å²) in [5.41, 5.74) is 0.986. The van der Waals surface area contributed by atoms with Gasteiger partial charge in [0.1, 0.15) is 5.82 Å². The van der Waals surface area contributed by atoms with Gasteiger partial charge in [-0.2, -0.15) is 0 Å². The smallest absolute Gasteiger partial charge is 0.124 e. The molecule has 4 heteroatoms. The largest absolute Gasteiger partial charge is 0.377 e. The maximum atomic E-state index is 13.5. The molecule has 104 valence electrons. The van der Waals surface area contributed by atoms with E-state index >= 15 is 0 Å². The van der Waals surface area contributed by atoms with E-state index in [-0.39, 0.29) is 17.3 Å². The van der Waals surface area contributed by atoms with Gasteiger partial charge in [-0.3, -0.25) is 0 Å². The zero-order valence-electron chi connectivity index (χ0n) is 10.7. The van der Waals surface area contributed by atoms with Gasteiger partial charge in [-0.25, -0.2) is 4.39 Å². The first-order valence-corrected chi connectivity index (χ1v) is 8.08. The van der Waals surface area contributed by atoms with Gasteiger partial charge in [0.05, 0.1) is 6.10 Å². The van der Waals surface area contributed by atoms with Gasteiger partial charge in [-0.1, -0.05) is 15.9 Å². The van der Waals surface area contributed by atoms with Gasteiger partial charge in [0, 0.05) is 22.4 Å². The Labute approximate surface area is 126 Å². The number of hydrogen-bond donors (Lipinski definition) is 0. The number of benzene rings is 1. The van der Waals surface area contributed by atoms with Crippen LogP contribution in [0.4, 0.5) is 4.39 Å². The van der Waals surface area contributed by atoms with E-state index in [0.717, 1.165) is 29.5 Å². The van der Waals surface area contributed by atoms with Gasteiger partial charge in [-0.05, 0) is 55.4 Å². The lowest BCUT2D eigenvalue weighted by Gasteiger charge is -2.32. The van der Waals surface area contributed by atoms with E-state index in [9.17, 15) is 4.39 Å². The van der Waals surface area contributed by atoms with E-state index in [0.29, 0.717) is 11.8 Å². The van der Waals surface area contributed by atoms with Crippen molar-refractivity contribution in [3.05, 3.63) is 34.1 Å². The normalized spacial score (nSPS) is 30.8. The van der Waals surface area contributed by atoms with Crippen LogP contribution in [0.3, 0.4) is 0 Å². The van der Waals surface area contributed by atoms with Gasteiger partial charge >= 0.3 is 0 Å². The fourth-order valence-corrected chi connectivity index (χ4v) is 4.13. The average Bonchev–Trinajstić information content (AvgIpc) is 3.10. The highest BCUT2D eigenvalue weighted by Gasteiger charge is 2.50. The molecule has 1 aliphatic heterocycles. The highest BCUT2D eigenvalue weighted by Crippen LogP contribution is 2.50. The van der Waals surface area contributed by atoms with E-state index in [1.807, 2.05) is 6.07 Å². The Balaban J connectivity index is 1.85. The van der Waals surface area contributed by atoms with Crippen molar-refractivity contribution in [3.63, 3.8) is 0 Å². The van der Waals surface area contributed by atoms with Crippen LogP contribution in [0.5, 0.6) is 0 Å². The quantitative estimate of drug-likeness (QED) is 0.726. The van der Waals surface area contributed by atoms with Crippen LogP contribution in [-0.4, -0.2) is 18.6 Å². The lowest BCUT2D eigenvalue weighted by molar-refractivity contribution is 0.0402. The van der Waals surface area contributed by atoms with Crippen LogP contribution in [0.1, 0.15) is 24.8 Å². The molecular formula is C15H17BrClFO. The molecule has 2 unspecified atom stereocenters. The lowest BCUT2D eigenvalue weighted by atomic mass is 9.76. The Hall–Kier alpha value is -0.120. The Morgan fingerprint density at radius 2 is 2.16 bits per heavy atom. The Bertz CT molecular complexity index is 457. The average molecular weight is 348 g/mol. The van der Waals surface area contributed by atoms with Crippen LogP contribution in [0.2, 0.25) is 0 Å². The van der Waals surface area contributed by atoms with E-state index < -0.39 is 0 Å². The first-order valence-electron chi connectivity index (χ1n) is 6.75. The molecule has 1 aliphatic carbocycles. The third kappa shape index (κ3) is 2.84. The minimum atomic E-state index is -0.198. The van der Waals surface area contributed by atoms with E-state index in [4.69, 9.17) is 16.3 Å². The number of ether oxygens (including phenoxy) is 1. The molecule has 0 N–H and O–H groups in total. The van der Waals surface area contributed by atoms with Gasteiger partial charge in [-0.15, -0.1) is 11.6 Å². The predicted octanol–water partition coefficient (Wildman–Crippen LogP) is 4.55. The number of alkyl halides is 1. The number of rotatable bonds is 4. The van der Waals surface area contributed by atoms with Crippen molar-refractivity contribution >= 4 is 27.5 Å². The van der Waals surface area contributed by atoms with Gasteiger partial charge in [0.2, 0.25) is 0 Å². The summed E-state index contributed by atoms with van der Waals surface area (Å²) in [6.45, 7) is 0.782. The van der Waals surface area contributed by atoms with E-state index in [2.05, 4.69) is 15.9 Å². The topological polar surface area (TPSA) is 9.23 Å². The van der Waals surface area contributed by atoms with Crippen LogP contribution in [0.25, 0.3) is 0 Å². The van der Waals surface area contributed by atoms with Gasteiger partial charge in [0.25, 0.3) is 0 Å². The lowest BCUT2D eigenvalue weighted by Crippen LogP contribution is -2.36. The molecule has 2 fully saturated rings. The molecule has 0 aromatic heterocycles. The fraction of sp³-hybridized carbons (Fsp3) is 0.600. The second-order valence-electron chi connectivity index (χ2n) is 5.83. The molecule has 0 spiro atoms. The van der Waals surface area contributed by atoms with Crippen LogP contribution < -0.4 is 0 Å². The highest BCUT2D eigenvalue weighted by atomic mass is 79.9. The van der Waals surface area contributed by atoms with Crippen LogP contribution in [-0.2, 0) is 11.2 Å². The molecule has 0 radical (unpaired) electrons. The number of halogens is 3. The summed E-state index contributed by atoms with van der Waals surface area (Å²) in [7, 11) is 0. The highest BCUT2D eigenvalue weighted by molar-refractivity contribution is 9.10. The zero-order chi connectivity index (χ0) is 13.5. The molecule has 2 aliphatic rings. The van der Waals surface area contributed by atoms with Crippen molar-refractivity contribution in [3.8, 4) is 0 Å². The van der Waals surface area contributed by atoms with Crippen LogP contribution >= 0.6 is 27.5 Å². The summed E-state index contributed by atoms with van der Waals surface area (Å²) in [4.78, 5) is 0. The molecule has 3 rings (SSSR count). The van der Waals surface area contributed by atoms with Crippen molar-refractivity contribution in [2.75, 3.05) is 12.5 Å². The summed E-state index contributed by atoms with van der Waals surface area (Å²) in [6.07, 6.45) is 4.53. The van der Waals surface area contributed by atoms with Crippen LogP contribution in [0.15, 0.2) is 22.7 Å². The molecule has 1 aromatic rings. The summed E-state index contributed by atoms with van der Waals surface area (Å²) in [5, 5.41) is 0. The minimum absolute atomic E-state index is 0.0179. The maximum absolute atomic E-state index is 13.5. The Morgan fingerprint density at radius 1 is 1.37 bits per heavy atom. The monoisotopic (exact) mass is 346 g/mol. The van der Waals surface area contributed by atoms with Crippen molar-refractivity contribution in [2.24, 2.45) is 11.3 Å². The van der Waals surface area contributed by atoms with Gasteiger partial charge < -0.3 is 4.74 Å².